The first-order valence-electron chi connectivity index (χ1n) is 5.16. The monoisotopic (exact) mass is 231 g/mol. The summed E-state index contributed by atoms with van der Waals surface area (Å²) in [7, 11) is 0. The van der Waals surface area contributed by atoms with Crippen LogP contribution in [-0.4, -0.2) is 45.5 Å². The number of thioether (sulfide) groups is 1. The highest BCUT2D eigenvalue weighted by Crippen LogP contribution is 2.19. The van der Waals surface area contributed by atoms with Gasteiger partial charge in [0, 0.05) is 6.54 Å². The van der Waals surface area contributed by atoms with E-state index in [2.05, 4.69) is 0 Å². The third-order valence-electron chi connectivity index (χ3n) is 2.40. The second-order valence-corrected chi connectivity index (χ2v) is 5.51. The van der Waals surface area contributed by atoms with Gasteiger partial charge >= 0.3 is 5.97 Å². The average molecular weight is 231 g/mol. The molecular formula is C10H17NO3S. The van der Waals surface area contributed by atoms with Crippen molar-refractivity contribution < 1.29 is 14.7 Å². The molecule has 1 unspecified atom stereocenters. The average Bonchev–Trinajstić information content (AvgIpc) is 2.62. The number of hydrogen-bond acceptors (Lipinski definition) is 3. The Morgan fingerprint density at radius 3 is 2.73 bits per heavy atom. The molecule has 0 aromatic heterocycles. The first-order chi connectivity index (χ1) is 7.02. The van der Waals surface area contributed by atoms with Crippen LogP contribution in [0.25, 0.3) is 0 Å². The molecule has 0 aromatic rings. The fraction of sp³-hybridized carbons (Fsp3) is 0.800. The number of aliphatic carboxylic acids is 1. The molecule has 0 saturated carbocycles. The van der Waals surface area contributed by atoms with Crippen molar-refractivity contribution in [1.29, 1.82) is 0 Å². The zero-order valence-electron chi connectivity index (χ0n) is 9.10. The Balaban J connectivity index is 2.47. The number of carboxylic acid groups (broad SMARTS) is 1. The molecular weight excluding hydrogens is 214 g/mol. The lowest BCUT2D eigenvalue weighted by Gasteiger charge is -2.21. The molecule has 1 rings (SSSR count). The van der Waals surface area contributed by atoms with E-state index >= 15 is 0 Å². The molecule has 1 aliphatic heterocycles. The molecule has 1 saturated heterocycles. The second-order valence-electron chi connectivity index (χ2n) is 3.94. The van der Waals surface area contributed by atoms with Crippen LogP contribution in [0, 0.1) is 0 Å². The van der Waals surface area contributed by atoms with E-state index in [9.17, 15) is 9.59 Å². The van der Waals surface area contributed by atoms with Crippen molar-refractivity contribution in [3.8, 4) is 0 Å². The number of carbonyl (C=O) groups is 2. The Hall–Kier alpha value is -0.710. The van der Waals surface area contributed by atoms with Gasteiger partial charge in [-0.25, -0.2) is 4.79 Å². The van der Waals surface area contributed by atoms with E-state index in [4.69, 9.17) is 5.11 Å². The fourth-order valence-electron chi connectivity index (χ4n) is 1.64. The normalized spacial score (nSPS) is 21.0. The Labute approximate surface area is 94.0 Å². The minimum atomic E-state index is -0.879. The van der Waals surface area contributed by atoms with Crippen LogP contribution in [0.3, 0.4) is 0 Å². The van der Waals surface area contributed by atoms with E-state index in [-0.39, 0.29) is 5.91 Å². The van der Waals surface area contributed by atoms with Crippen molar-refractivity contribution >= 4 is 23.6 Å². The van der Waals surface area contributed by atoms with Crippen molar-refractivity contribution in [3.05, 3.63) is 0 Å². The molecule has 0 aliphatic carbocycles. The molecule has 15 heavy (non-hydrogen) atoms. The van der Waals surface area contributed by atoms with Gasteiger partial charge in [0.2, 0.25) is 5.91 Å². The largest absolute Gasteiger partial charge is 0.480 e. The number of rotatable bonds is 4. The highest BCUT2D eigenvalue weighted by Gasteiger charge is 2.33. The molecule has 1 amide bonds. The van der Waals surface area contributed by atoms with Crippen LogP contribution < -0.4 is 0 Å². The summed E-state index contributed by atoms with van der Waals surface area (Å²) in [6.07, 6.45) is 1.39. The summed E-state index contributed by atoms with van der Waals surface area (Å²) >= 11 is 1.56. The number of carboxylic acids is 1. The zero-order chi connectivity index (χ0) is 11.4. The molecule has 0 aromatic carbocycles. The van der Waals surface area contributed by atoms with Crippen molar-refractivity contribution in [3.63, 3.8) is 0 Å². The van der Waals surface area contributed by atoms with Gasteiger partial charge in [-0.15, -0.1) is 11.8 Å². The lowest BCUT2D eigenvalue weighted by atomic mass is 10.2. The molecule has 86 valence electrons. The minimum Gasteiger partial charge on any atom is -0.480 e. The van der Waals surface area contributed by atoms with Crippen molar-refractivity contribution in [2.24, 2.45) is 0 Å². The quantitative estimate of drug-likeness (QED) is 0.790. The van der Waals surface area contributed by atoms with Crippen LogP contribution in [0.5, 0.6) is 0 Å². The second kappa shape index (κ2) is 5.39. The lowest BCUT2D eigenvalue weighted by molar-refractivity contribution is -0.147. The Bertz CT molecular complexity index is 255. The van der Waals surface area contributed by atoms with Crippen LogP contribution in [0.2, 0.25) is 0 Å². The number of likely N-dealkylation sites (tertiary alicyclic amines) is 1. The number of nitrogens with zero attached hydrogens (tertiary/aromatic N) is 1. The van der Waals surface area contributed by atoms with E-state index in [0.29, 0.717) is 24.0 Å². The van der Waals surface area contributed by atoms with Gasteiger partial charge in [0.05, 0.1) is 5.75 Å². The van der Waals surface area contributed by atoms with Gasteiger partial charge in [0.25, 0.3) is 0 Å². The molecule has 1 fully saturated rings. The summed E-state index contributed by atoms with van der Waals surface area (Å²) in [5.41, 5.74) is 0. The van der Waals surface area contributed by atoms with Gasteiger partial charge in [-0.3, -0.25) is 4.79 Å². The molecule has 0 bridgehead atoms. The predicted octanol–water partition coefficient (Wildman–Crippen LogP) is 1.20. The number of carbonyl (C=O) groups excluding carboxylic acids is 1. The molecule has 1 heterocycles. The fourth-order valence-corrected chi connectivity index (χ4v) is 2.28. The third-order valence-corrected chi connectivity index (χ3v) is 3.48. The standard InChI is InChI=1S/C10H17NO3S/c1-7(2)15-6-9(12)11-5-3-4-8(11)10(13)14/h7-8H,3-6H2,1-2H3,(H,13,14). The highest BCUT2D eigenvalue weighted by molar-refractivity contribution is 8.00. The highest BCUT2D eigenvalue weighted by atomic mass is 32.2. The predicted molar refractivity (Wildman–Crippen MR) is 60.0 cm³/mol. The molecule has 0 radical (unpaired) electrons. The smallest absolute Gasteiger partial charge is 0.326 e. The maximum Gasteiger partial charge on any atom is 0.326 e. The molecule has 5 heteroatoms. The number of hydrogen-bond donors (Lipinski definition) is 1. The van der Waals surface area contributed by atoms with E-state index in [1.807, 2.05) is 13.8 Å². The minimum absolute atomic E-state index is 0.0430. The van der Waals surface area contributed by atoms with Gasteiger partial charge in [-0.05, 0) is 18.1 Å². The van der Waals surface area contributed by atoms with Crippen LogP contribution in [0.1, 0.15) is 26.7 Å². The van der Waals surface area contributed by atoms with E-state index < -0.39 is 12.0 Å². The Morgan fingerprint density at radius 2 is 2.20 bits per heavy atom. The van der Waals surface area contributed by atoms with E-state index in [0.717, 1.165) is 6.42 Å². The first-order valence-corrected chi connectivity index (χ1v) is 6.21. The molecule has 1 aliphatic rings. The van der Waals surface area contributed by atoms with Gasteiger partial charge in [-0.1, -0.05) is 13.8 Å². The van der Waals surface area contributed by atoms with Crippen LogP contribution in [0.15, 0.2) is 0 Å². The topological polar surface area (TPSA) is 57.6 Å². The van der Waals surface area contributed by atoms with Crippen LogP contribution >= 0.6 is 11.8 Å². The van der Waals surface area contributed by atoms with Crippen molar-refractivity contribution in [1.82, 2.24) is 4.90 Å². The Morgan fingerprint density at radius 1 is 1.53 bits per heavy atom. The van der Waals surface area contributed by atoms with Crippen molar-refractivity contribution in [2.45, 2.75) is 38.0 Å². The number of amides is 1. The SMILES string of the molecule is CC(C)SCC(=O)N1CCCC1C(=O)O. The molecule has 1 N–H and O–H groups in total. The first kappa shape index (κ1) is 12.4. The summed E-state index contributed by atoms with van der Waals surface area (Å²) in [6, 6.07) is -0.592. The van der Waals surface area contributed by atoms with Crippen LogP contribution in [0.4, 0.5) is 0 Å². The van der Waals surface area contributed by atoms with Gasteiger partial charge in [-0.2, -0.15) is 0 Å². The van der Waals surface area contributed by atoms with Gasteiger partial charge in [0.1, 0.15) is 6.04 Å². The molecule has 0 spiro atoms. The zero-order valence-corrected chi connectivity index (χ0v) is 9.92. The maximum atomic E-state index is 11.7. The Kier molecular flexibility index (Phi) is 4.45. The van der Waals surface area contributed by atoms with Gasteiger partial charge < -0.3 is 10.0 Å². The lowest BCUT2D eigenvalue weighted by Crippen LogP contribution is -2.41. The summed E-state index contributed by atoms with van der Waals surface area (Å²) in [6.45, 7) is 4.64. The van der Waals surface area contributed by atoms with E-state index in [1.54, 1.807) is 11.8 Å². The van der Waals surface area contributed by atoms with E-state index in [1.165, 1.54) is 4.90 Å². The maximum absolute atomic E-state index is 11.7. The summed E-state index contributed by atoms with van der Waals surface area (Å²) in [5, 5.41) is 9.31. The molecule has 1 atom stereocenters. The summed E-state index contributed by atoms with van der Waals surface area (Å²) in [5.74, 6) is -0.532. The summed E-state index contributed by atoms with van der Waals surface area (Å²) in [4.78, 5) is 24.1. The third kappa shape index (κ3) is 3.41. The van der Waals surface area contributed by atoms with Gasteiger partial charge in [0.15, 0.2) is 0 Å². The van der Waals surface area contributed by atoms with Crippen LogP contribution in [-0.2, 0) is 9.59 Å². The molecule has 4 nitrogen and oxygen atoms in total. The van der Waals surface area contributed by atoms with Crippen molar-refractivity contribution in [2.75, 3.05) is 12.3 Å². The summed E-state index contributed by atoms with van der Waals surface area (Å²) < 4.78 is 0.